The van der Waals surface area contributed by atoms with E-state index in [9.17, 15) is 4.79 Å². The van der Waals surface area contributed by atoms with Crippen molar-refractivity contribution in [2.24, 2.45) is 0 Å². The fraction of sp³-hybridized carbons (Fsp3) is 0.625. The van der Waals surface area contributed by atoms with Gasteiger partial charge in [0.1, 0.15) is 0 Å². The number of carbonyl (C=O) groups excluding carboxylic acids is 1. The Labute approximate surface area is 129 Å². The zero-order valence-corrected chi connectivity index (χ0v) is 13.5. The summed E-state index contributed by atoms with van der Waals surface area (Å²) in [5, 5.41) is 1.14. The smallest absolute Gasteiger partial charge is 0.252 e. The molecule has 0 saturated heterocycles. The first kappa shape index (κ1) is 14.6. The van der Waals surface area contributed by atoms with Gasteiger partial charge in [-0.2, -0.15) is 0 Å². The molecule has 5 heteroatoms. The first-order chi connectivity index (χ1) is 10.1. The van der Waals surface area contributed by atoms with Gasteiger partial charge in [-0.1, -0.05) is 0 Å². The van der Waals surface area contributed by atoms with Gasteiger partial charge in [0.05, 0.1) is 29.1 Å². The van der Waals surface area contributed by atoms with E-state index in [1.165, 1.54) is 17.0 Å². The summed E-state index contributed by atoms with van der Waals surface area (Å²) in [5.74, 6) is 0.492. The lowest BCUT2D eigenvalue weighted by Crippen LogP contribution is -2.33. The molecular weight excluding hydrogens is 284 g/mol. The summed E-state index contributed by atoms with van der Waals surface area (Å²) in [5.41, 5.74) is 2.03. The topological polar surface area (TPSA) is 42.4 Å². The van der Waals surface area contributed by atoms with Crippen LogP contribution in [-0.2, 0) is 16.0 Å². The predicted molar refractivity (Wildman–Crippen MR) is 83.4 cm³/mol. The van der Waals surface area contributed by atoms with Crippen LogP contribution in [0.5, 0.6) is 0 Å². The van der Waals surface area contributed by atoms with Crippen LogP contribution in [0.1, 0.15) is 47.2 Å². The number of hydrogen-bond donors (Lipinski definition) is 0. The SMILES string of the molecule is Cc1nc2c(s1)CCCC2CN(C)C(=O)C1=COCCC1. The maximum absolute atomic E-state index is 12.4. The second-order valence-corrected chi connectivity index (χ2v) is 7.22. The first-order valence-corrected chi connectivity index (χ1v) is 8.49. The third-order valence-corrected chi connectivity index (χ3v) is 5.27. The van der Waals surface area contributed by atoms with Crippen molar-refractivity contribution in [3.8, 4) is 0 Å². The maximum atomic E-state index is 12.4. The zero-order valence-electron chi connectivity index (χ0n) is 12.7. The molecule has 0 radical (unpaired) electrons. The Bertz CT molecular complexity index is 565. The molecule has 2 heterocycles. The van der Waals surface area contributed by atoms with E-state index < -0.39 is 0 Å². The number of thiazole rings is 1. The normalized spacial score (nSPS) is 21.2. The fourth-order valence-corrected chi connectivity index (χ4v) is 4.25. The molecule has 0 bridgehead atoms. The Morgan fingerprint density at radius 2 is 2.33 bits per heavy atom. The van der Waals surface area contributed by atoms with Gasteiger partial charge in [0.15, 0.2) is 0 Å². The Morgan fingerprint density at radius 1 is 1.48 bits per heavy atom. The molecule has 1 aliphatic heterocycles. The summed E-state index contributed by atoms with van der Waals surface area (Å²) < 4.78 is 5.28. The van der Waals surface area contributed by atoms with Gasteiger partial charge in [0, 0.05) is 24.4 Å². The highest BCUT2D eigenvalue weighted by Crippen LogP contribution is 2.35. The Kier molecular flexibility index (Phi) is 4.29. The Morgan fingerprint density at radius 3 is 3.10 bits per heavy atom. The van der Waals surface area contributed by atoms with Crippen molar-refractivity contribution in [2.45, 2.75) is 44.9 Å². The summed E-state index contributed by atoms with van der Waals surface area (Å²) in [4.78, 5) is 20.4. The molecule has 1 atom stereocenters. The van der Waals surface area contributed by atoms with Crippen LogP contribution in [-0.4, -0.2) is 36.0 Å². The summed E-state index contributed by atoms with van der Waals surface area (Å²) in [6, 6.07) is 0. The monoisotopic (exact) mass is 306 g/mol. The van der Waals surface area contributed by atoms with Gasteiger partial charge in [-0.15, -0.1) is 11.3 Å². The minimum absolute atomic E-state index is 0.105. The summed E-state index contributed by atoms with van der Waals surface area (Å²) in [7, 11) is 1.89. The third kappa shape index (κ3) is 3.12. The molecule has 0 fully saturated rings. The van der Waals surface area contributed by atoms with E-state index in [1.54, 1.807) is 6.26 Å². The van der Waals surface area contributed by atoms with Crippen molar-refractivity contribution in [3.63, 3.8) is 0 Å². The number of aromatic nitrogens is 1. The largest absolute Gasteiger partial charge is 0.501 e. The standard InChI is InChI=1S/C16H22N2O2S/c1-11-17-15-12(5-3-7-14(15)21-11)9-18(2)16(19)13-6-4-8-20-10-13/h10,12H,3-9H2,1-2H3. The van der Waals surface area contributed by atoms with Gasteiger partial charge in [-0.05, 0) is 39.0 Å². The van der Waals surface area contributed by atoms with Gasteiger partial charge in [0.2, 0.25) is 0 Å². The van der Waals surface area contributed by atoms with Crippen LogP contribution in [0, 0.1) is 6.92 Å². The molecule has 1 aromatic rings. The van der Waals surface area contributed by atoms with Crippen molar-refractivity contribution in [2.75, 3.05) is 20.2 Å². The van der Waals surface area contributed by atoms with Crippen LogP contribution < -0.4 is 0 Å². The molecule has 4 nitrogen and oxygen atoms in total. The lowest BCUT2D eigenvalue weighted by molar-refractivity contribution is -0.126. The second-order valence-electron chi connectivity index (χ2n) is 5.93. The van der Waals surface area contributed by atoms with Crippen LogP contribution >= 0.6 is 11.3 Å². The van der Waals surface area contributed by atoms with Gasteiger partial charge in [-0.3, -0.25) is 4.79 Å². The summed E-state index contributed by atoms with van der Waals surface area (Å²) >= 11 is 1.81. The number of rotatable bonds is 3. The molecule has 3 rings (SSSR count). The van der Waals surface area contributed by atoms with Crippen molar-refractivity contribution in [3.05, 3.63) is 27.4 Å². The molecule has 1 aromatic heterocycles. The molecule has 1 unspecified atom stereocenters. The number of amides is 1. The van der Waals surface area contributed by atoms with E-state index in [0.717, 1.165) is 49.4 Å². The lowest BCUT2D eigenvalue weighted by Gasteiger charge is -2.27. The maximum Gasteiger partial charge on any atom is 0.252 e. The van der Waals surface area contributed by atoms with Crippen molar-refractivity contribution >= 4 is 17.2 Å². The van der Waals surface area contributed by atoms with Crippen molar-refractivity contribution in [1.82, 2.24) is 9.88 Å². The van der Waals surface area contributed by atoms with E-state index in [2.05, 4.69) is 6.92 Å². The average Bonchev–Trinajstić information content (AvgIpc) is 2.88. The lowest BCUT2D eigenvalue weighted by atomic mass is 9.90. The quantitative estimate of drug-likeness (QED) is 0.862. The van der Waals surface area contributed by atoms with E-state index in [0.29, 0.717) is 5.92 Å². The molecular formula is C16H22N2O2S. The van der Waals surface area contributed by atoms with Gasteiger partial charge >= 0.3 is 0 Å². The Balaban J connectivity index is 1.69. The van der Waals surface area contributed by atoms with Crippen LogP contribution in [0.4, 0.5) is 0 Å². The Hall–Kier alpha value is -1.36. The summed E-state index contributed by atoms with van der Waals surface area (Å²) in [6.45, 7) is 3.55. The zero-order chi connectivity index (χ0) is 14.8. The second kappa shape index (κ2) is 6.18. The van der Waals surface area contributed by atoms with Crippen LogP contribution in [0.2, 0.25) is 0 Å². The van der Waals surface area contributed by atoms with E-state index in [-0.39, 0.29) is 5.91 Å². The van der Waals surface area contributed by atoms with E-state index in [1.807, 2.05) is 23.3 Å². The summed E-state index contributed by atoms with van der Waals surface area (Å²) in [6.07, 6.45) is 6.88. The number of fused-ring (bicyclic) bond motifs is 1. The molecule has 2 aliphatic rings. The van der Waals surface area contributed by atoms with Gasteiger partial charge < -0.3 is 9.64 Å². The number of hydrogen-bond acceptors (Lipinski definition) is 4. The highest BCUT2D eigenvalue weighted by Gasteiger charge is 2.27. The van der Waals surface area contributed by atoms with E-state index in [4.69, 9.17) is 9.72 Å². The van der Waals surface area contributed by atoms with Crippen LogP contribution in [0.3, 0.4) is 0 Å². The van der Waals surface area contributed by atoms with Crippen LogP contribution in [0.25, 0.3) is 0 Å². The minimum atomic E-state index is 0.105. The number of ether oxygens (including phenoxy) is 1. The first-order valence-electron chi connectivity index (χ1n) is 7.67. The number of aryl methyl sites for hydroxylation is 2. The highest BCUT2D eigenvalue weighted by molar-refractivity contribution is 7.11. The molecule has 0 N–H and O–H groups in total. The molecule has 114 valence electrons. The molecule has 1 amide bonds. The molecule has 0 spiro atoms. The third-order valence-electron chi connectivity index (χ3n) is 4.23. The van der Waals surface area contributed by atoms with Crippen LogP contribution in [0.15, 0.2) is 11.8 Å². The minimum Gasteiger partial charge on any atom is -0.501 e. The van der Waals surface area contributed by atoms with Crippen molar-refractivity contribution < 1.29 is 9.53 Å². The van der Waals surface area contributed by atoms with E-state index >= 15 is 0 Å². The average molecular weight is 306 g/mol. The number of carbonyl (C=O) groups is 1. The molecule has 1 aliphatic carbocycles. The van der Waals surface area contributed by atoms with Gasteiger partial charge in [-0.25, -0.2) is 4.98 Å². The molecule has 0 saturated carbocycles. The van der Waals surface area contributed by atoms with Crippen molar-refractivity contribution in [1.29, 1.82) is 0 Å². The molecule has 0 aromatic carbocycles. The highest BCUT2D eigenvalue weighted by atomic mass is 32.1. The molecule has 21 heavy (non-hydrogen) atoms. The fourth-order valence-electron chi connectivity index (χ4n) is 3.19. The number of nitrogens with zero attached hydrogens (tertiary/aromatic N) is 2. The number of likely N-dealkylation sites (N-methyl/N-ethyl adjacent to an activating group) is 1. The predicted octanol–water partition coefficient (Wildman–Crippen LogP) is 3.02. The van der Waals surface area contributed by atoms with Gasteiger partial charge in [0.25, 0.3) is 5.91 Å².